The molecule has 1 aromatic heterocycles. The fourth-order valence-electron chi connectivity index (χ4n) is 2.11. The molecule has 0 unspecified atom stereocenters. The molecule has 0 radical (unpaired) electrons. The van der Waals surface area contributed by atoms with Gasteiger partial charge in [0.15, 0.2) is 0 Å². The lowest BCUT2D eigenvalue weighted by Crippen LogP contribution is -2.15. The molecule has 1 saturated carbocycles. The minimum atomic E-state index is -3.78. The number of sulfonamides is 1. The Balaban J connectivity index is 1.78. The second-order valence-corrected chi connectivity index (χ2v) is 7.02. The van der Waals surface area contributed by atoms with Crippen LogP contribution in [0.25, 0.3) is 0 Å². The molecule has 1 aromatic carbocycles. The first-order valence-corrected chi connectivity index (χ1v) is 8.44. The van der Waals surface area contributed by atoms with Gasteiger partial charge in [0.05, 0.1) is 16.8 Å². The highest BCUT2D eigenvalue weighted by atomic mass is 32.2. The first kappa shape index (κ1) is 14.8. The van der Waals surface area contributed by atoms with Gasteiger partial charge in [0.2, 0.25) is 0 Å². The van der Waals surface area contributed by atoms with E-state index in [0.29, 0.717) is 11.6 Å². The second-order valence-electron chi connectivity index (χ2n) is 5.37. The van der Waals surface area contributed by atoms with Gasteiger partial charge in [-0.1, -0.05) is 0 Å². The van der Waals surface area contributed by atoms with E-state index in [0.717, 1.165) is 24.6 Å². The summed E-state index contributed by atoms with van der Waals surface area (Å²) in [6.45, 7) is 1.55. The third-order valence-corrected chi connectivity index (χ3v) is 4.89. The fourth-order valence-corrected chi connectivity index (χ4v) is 3.35. The molecule has 3 rings (SSSR count). The maximum atomic E-state index is 13.1. The predicted molar refractivity (Wildman–Crippen MR) is 82.8 cm³/mol. The minimum absolute atomic E-state index is 0.0379. The molecule has 1 aliphatic carbocycles. The summed E-state index contributed by atoms with van der Waals surface area (Å²) in [5.41, 5.74) is 1.21. The lowest BCUT2D eigenvalue weighted by molar-refractivity contribution is 0.598. The van der Waals surface area contributed by atoms with Crippen LogP contribution in [0.5, 0.6) is 0 Å². The van der Waals surface area contributed by atoms with E-state index >= 15 is 0 Å². The van der Waals surface area contributed by atoms with Gasteiger partial charge in [0, 0.05) is 6.04 Å². The van der Waals surface area contributed by atoms with Gasteiger partial charge < -0.3 is 5.32 Å². The number of anilines is 2. The van der Waals surface area contributed by atoms with E-state index < -0.39 is 15.8 Å². The van der Waals surface area contributed by atoms with Crippen LogP contribution in [0.3, 0.4) is 0 Å². The standard InChI is InChI=1S/C15H16FN3O2S/c1-10-8-11(16)2-6-14(10)22(20,21)19-15-7-5-13(9-17-15)18-12-3-4-12/h2,5-9,12,18H,3-4H2,1H3,(H,17,19). The zero-order valence-corrected chi connectivity index (χ0v) is 12.8. The van der Waals surface area contributed by atoms with Gasteiger partial charge in [-0.3, -0.25) is 4.72 Å². The molecule has 7 heteroatoms. The molecule has 116 valence electrons. The normalized spacial score (nSPS) is 14.6. The maximum absolute atomic E-state index is 13.1. The molecule has 2 N–H and O–H groups in total. The number of hydrogen-bond donors (Lipinski definition) is 2. The van der Waals surface area contributed by atoms with Crippen molar-refractivity contribution >= 4 is 21.5 Å². The molecule has 1 aliphatic rings. The Morgan fingerprint density at radius 3 is 2.59 bits per heavy atom. The Kier molecular flexibility index (Phi) is 3.74. The molecule has 22 heavy (non-hydrogen) atoms. The average Bonchev–Trinajstić information content (AvgIpc) is 3.24. The van der Waals surface area contributed by atoms with E-state index in [2.05, 4.69) is 15.0 Å². The summed E-state index contributed by atoms with van der Waals surface area (Å²) in [5.74, 6) is -0.241. The Hall–Kier alpha value is -2.15. The van der Waals surface area contributed by atoms with Crippen molar-refractivity contribution in [1.82, 2.24) is 4.98 Å². The van der Waals surface area contributed by atoms with Crippen molar-refractivity contribution in [3.05, 3.63) is 47.9 Å². The number of hydrogen-bond acceptors (Lipinski definition) is 4. The molecule has 0 aliphatic heterocycles. The second kappa shape index (κ2) is 5.57. The average molecular weight is 321 g/mol. The lowest BCUT2D eigenvalue weighted by atomic mass is 10.2. The number of aromatic nitrogens is 1. The van der Waals surface area contributed by atoms with Gasteiger partial charge in [0.1, 0.15) is 11.6 Å². The molecule has 2 aromatic rings. The minimum Gasteiger partial charge on any atom is -0.381 e. The van der Waals surface area contributed by atoms with Crippen molar-refractivity contribution in [3.8, 4) is 0 Å². The topological polar surface area (TPSA) is 71.1 Å². The van der Waals surface area contributed by atoms with Gasteiger partial charge >= 0.3 is 0 Å². The number of aryl methyl sites for hydroxylation is 1. The highest BCUT2D eigenvalue weighted by Gasteiger charge is 2.21. The highest BCUT2D eigenvalue weighted by Crippen LogP contribution is 2.25. The number of halogens is 1. The van der Waals surface area contributed by atoms with E-state index in [-0.39, 0.29) is 10.7 Å². The summed E-state index contributed by atoms with van der Waals surface area (Å²) in [4.78, 5) is 4.13. The number of pyridine rings is 1. The predicted octanol–water partition coefficient (Wildman–Crippen LogP) is 2.90. The van der Waals surface area contributed by atoms with Crippen LogP contribution in [0.1, 0.15) is 18.4 Å². The summed E-state index contributed by atoms with van der Waals surface area (Å²) in [6, 6.07) is 7.44. The van der Waals surface area contributed by atoms with Crippen molar-refractivity contribution in [2.45, 2.75) is 30.7 Å². The van der Waals surface area contributed by atoms with Crippen molar-refractivity contribution in [2.75, 3.05) is 10.0 Å². The van der Waals surface area contributed by atoms with Gasteiger partial charge in [-0.15, -0.1) is 0 Å². The molecule has 0 saturated heterocycles. The van der Waals surface area contributed by atoms with E-state index in [9.17, 15) is 12.8 Å². The molecular weight excluding hydrogens is 305 g/mol. The Morgan fingerprint density at radius 2 is 2.00 bits per heavy atom. The van der Waals surface area contributed by atoms with Gasteiger partial charge in [-0.05, 0) is 55.7 Å². The summed E-state index contributed by atoms with van der Waals surface area (Å²) in [5, 5.41) is 3.27. The first-order valence-electron chi connectivity index (χ1n) is 6.95. The summed E-state index contributed by atoms with van der Waals surface area (Å²) in [7, 11) is -3.78. The van der Waals surface area contributed by atoms with Crippen LogP contribution in [0.15, 0.2) is 41.4 Å². The summed E-state index contributed by atoms with van der Waals surface area (Å²) < 4.78 is 40.1. The van der Waals surface area contributed by atoms with Crippen LogP contribution in [0.2, 0.25) is 0 Å². The largest absolute Gasteiger partial charge is 0.381 e. The van der Waals surface area contributed by atoms with Gasteiger partial charge in [-0.25, -0.2) is 17.8 Å². The smallest absolute Gasteiger partial charge is 0.263 e. The Labute approximate surface area is 128 Å². The van der Waals surface area contributed by atoms with Crippen molar-refractivity contribution < 1.29 is 12.8 Å². The zero-order chi connectivity index (χ0) is 15.7. The van der Waals surface area contributed by atoms with Gasteiger partial charge in [0.25, 0.3) is 10.0 Å². The first-order chi connectivity index (χ1) is 10.4. The molecule has 1 fully saturated rings. The van der Waals surface area contributed by atoms with Crippen molar-refractivity contribution in [3.63, 3.8) is 0 Å². The molecule has 0 amide bonds. The third-order valence-electron chi connectivity index (χ3n) is 3.38. The fraction of sp³-hybridized carbons (Fsp3) is 0.267. The van der Waals surface area contributed by atoms with Crippen LogP contribution in [-0.2, 0) is 10.0 Å². The van der Waals surface area contributed by atoms with Crippen molar-refractivity contribution in [2.24, 2.45) is 0 Å². The molecule has 0 spiro atoms. The summed E-state index contributed by atoms with van der Waals surface area (Å²) >= 11 is 0. The van der Waals surface area contributed by atoms with Crippen LogP contribution >= 0.6 is 0 Å². The highest BCUT2D eigenvalue weighted by molar-refractivity contribution is 7.92. The molecule has 5 nitrogen and oxygen atoms in total. The molecule has 1 heterocycles. The number of nitrogens with one attached hydrogen (secondary N) is 2. The van der Waals surface area contributed by atoms with Crippen LogP contribution in [0, 0.1) is 12.7 Å². The van der Waals surface area contributed by atoms with Crippen LogP contribution < -0.4 is 10.0 Å². The monoisotopic (exact) mass is 321 g/mol. The van der Waals surface area contributed by atoms with E-state index in [1.54, 1.807) is 25.3 Å². The Morgan fingerprint density at radius 1 is 1.23 bits per heavy atom. The van der Waals surface area contributed by atoms with Crippen LogP contribution in [-0.4, -0.2) is 19.4 Å². The van der Waals surface area contributed by atoms with Crippen molar-refractivity contribution in [1.29, 1.82) is 0 Å². The SMILES string of the molecule is Cc1cc(F)ccc1S(=O)(=O)Nc1ccc(NC2CC2)cn1. The molecule has 0 atom stereocenters. The molecular formula is C15H16FN3O2S. The van der Waals surface area contributed by atoms with Crippen LogP contribution in [0.4, 0.5) is 15.9 Å². The van der Waals surface area contributed by atoms with E-state index in [4.69, 9.17) is 0 Å². The third kappa shape index (κ3) is 3.36. The number of nitrogens with zero attached hydrogens (tertiary/aromatic N) is 1. The van der Waals surface area contributed by atoms with E-state index in [1.165, 1.54) is 12.1 Å². The molecule has 0 bridgehead atoms. The number of rotatable bonds is 5. The maximum Gasteiger partial charge on any atom is 0.263 e. The quantitative estimate of drug-likeness (QED) is 0.888. The lowest BCUT2D eigenvalue weighted by Gasteiger charge is -2.10. The Bertz CT molecular complexity index is 787. The van der Waals surface area contributed by atoms with E-state index in [1.807, 2.05) is 0 Å². The van der Waals surface area contributed by atoms with Gasteiger partial charge in [-0.2, -0.15) is 0 Å². The zero-order valence-electron chi connectivity index (χ0n) is 12.0. The number of benzene rings is 1. The summed E-state index contributed by atoms with van der Waals surface area (Å²) in [6.07, 6.45) is 3.89.